The molecule has 4 rings (SSSR count). The molecule has 2 aromatic carbocycles. The third-order valence-electron chi connectivity index (χ3n) is 6.48. The maximum absolute atomic E-state index is 13.7. The van der Waals surface area contributed by atoms with Gasteiger partial charge in [0.05, 0.1) is 25.9 Å². The fourth-order valence-corrected chi connectivity index (χ4v) is 4.94. The average molecular weight is 449 g/mol. The fraction of sp³-hybridized carbons (Fsp3) is 0.407. The number of hydrogen-bond acceptors (Lipinski definition) is 5. The standard InChI is InChI=1S/C27H32N2O4/c1-19-16-28(18-21-8-10-23(11-9-21)27(31)32-3)17-20(2)29(19)26(30)25-7-5-4-6-24(25)22-12-14-33-15-13-22/h4-12,19-20H,13-18H2,1-3H3. The molecule has 2 aromatic rings. The maximum Gasteiger partial charge on any atom is 0.337 e. The normalized spacial score (nSPS) is 21.4. The van der Waals surface area contributed by atoms with Gasteiger partial charge in [-0.15, -0.1) is 0 Å². The van der Waals surface area contributed by atoms with Crippen LogP contribution in [-0.4, -0.2) is 67.2 Å². The zero-order valence-corrected chi connectivity index (χ0v) is 19.6. The van der Waals surface area contributed by atoms with Crippen molar-refractivity contribution in [2.75, 3.05) is 33.4 Å². The van der Waals surface area contributed by atoms with Crippen molar-refractivity contribution < 1.29 is 19.1 Å². The predicted octanol–water partition coefficient (Wildman–Crippen LogP) is 4.01. The molecule has 33 heavy (non-hydrogen) atoms. The third-order valence-corrected chi connectivity index (χ3v) is 6.48. The number of carbonyl (C=O) groups is 2. The van der Waals surface area contributed by atoms with Crippen molar-refractivity contribution in [3.63, 3.8) is 0 Å². The molecule has 0 radical (unpaired) electrons. The van der Waals surface area contributed by atoms with Crippen molar-refractivity contribution in [1.29, 1.82) is 0 Å². The summed E-state index contributed by atoms with van der Waals surface area (Å²) >= 11 is 0. The summed E-state index contributed by atoms with van der Waals surface area (Å²) in [4.78, 5) is 29.8. The Kier molecular flexibility index (Phi) is 7.26. The molecule has 2 aliphatic heterocycles. The van der Waals surface area contributed by atoms with Crippen LogP contribution in [-0.2, 0) is 16.0 Å². The Balaban J connectivity index is 1.46. The molecule has 174 valence electrons. The summed E-state index contributed by atoms with van der Waals surface area (Å²) in [6.45, 7) is 7.92. The first kappa shape index (κ1) is 23.2. The van der Waals surface area contributed by atoms with Crippen molar-refractivity contribution in [3.8, 4) is 0 Å². The van der Waals surface area contributed by atoms with Gasteiger partial charge in [-0.1, -0.05) is 36.4 Å². The largest absolute Gasteiger partial charge is 0.465 e. The van der Waals surface area contributed by atoms with E-state index in [0.29, 0.717) is 18.8 Å². The number of amides is 1. The second-order valence-electron chi connectivity index (χ2n) is 8.89. The summed E-state index contributed by atoms with van der Waals surface area (Å²) in [5, 5.41) is 0. The van der Waals surface area contributed by atoms with Gasteiger partial charge in [0.25, 0.3) is 5.91 Å². The predicted molar refractivity (Wildman–Crippen MR) is 128 cm³/mol. The molecular formula is C27H32N2O4. The molecule has 2 atom stereocenters. The van der Waals surface area contributed by atoms with E-state index in [4.69, 9.17) is 9.47 Å². The van der Waals surface area contributed by atoms with Gasteiger partial charge in [0.15, 0.2) is 0 Å². The lowest BCUT2D eigenvalue weighted by atomic mass is 9.94. The number of carbonyl (C=O) groups excluding carboxylic acids is 2. The van der Waals surface area contributed by atoms with Crippen LogP contribution in [0, 0.1) is 0 Å². The molecule has 6 nitrogen and oxygen atoms in total. The number of ether oxygens (including phenoxy) is 2. The van der Waals surface area contributed by atoms with Crippen LogP contribution in [0.15, 0.2) is 54.6 Å². The van der Waals surface area contributed by atoms with Crippen LogP contribution < -0.4 is 0 Å². The summed E-state index contributed by atoms with van der Waals surface area (Å²) in [5.41, 5.74) is 4.68. The van der Waals surface area contributed by atoms with Gasteiger partial charge >= 0.3 is 5.97 Å². The van der Waals surface area contributed by atoms with Crippen LogP contribution in [0.1, 0.15) is 52.1 Å². The smallest absolute Gasteiger partial charge is 0.337 e. The molecule has 1 saturated heterocycles. The Hall–Kier alpha value is -2.96. The number of rotatable bonds is 5. The second-order valence-corrected chi connectivity index (χ2v) is 8.89. The topological polar surface area (TPSA) is 59.1 Å². The lowest BCUT2D eigenvalue weighted by Crippen LogP contribution is -2.58. The van der Waals surface area contributed by atoms with Crippen molar-refractivity contribution in [1.82, 2.24) is 9.80 Å². The lowest BCUT2D eigenvalue weighted by Gasteiger charge is -2.44. The third kappa shape index (κ3) is 5.18. The first-order chi connectivity index (χ1) is 16.0. The van der Waals surface area contributed by atoms with Crippen LogP contribution in [0.3, 0.4) is 0 Å². The molecule has 1 fully saturated rings. The van der Waals surface area contributed by atoms with Gasteiger partial charge in [-0.2, -0.15) is 0 Å². The quantitative estimate of drug-likeness (QED) is 0.647. The molecule has 6 heteroatoms. The van der Waals surface area contributed by atoms with Gasteiger partial charge in [-0.25, -0.2) is 4.79 Å². The van der Waals surface area contributed by atoms with E-state index < -0.39 is 0 Å². The minimum atomic E-state index is -0.326. The Morgan fingerprint density at radius 2 is 1.73 bits per heavy atom. The molecule has 0 N–H and O–H groups in total. The zero-order valence-electron chi connectivity index (χ0n) is 19.6. The van der Waals surface area contributed by atoms with E-state index in [1.165, 1.54) is 12.7 Å². The van der Waals surface area contributed by atoms with Gasteiger partial charge in [0.1, 0.15) is 0 Å². The molecule has 1 amide bonds. The summed E-state index contributed by atoms with van der Waals surface area (Å²) in [6, 6.07) is 15.7. The molecule has 2 unspecified atom stereocenters. The van der Waals surface area contributed by atoms with E-state index in [9.17, 15) is 9.59 Å². The van der Waals surface area contributed by atoms with Crippen molar-refractivity contribution in [2.24, 2.45) is 0 Å². The maximum atomic E-state index is 13.7. The van der Waals surface area contributed by atoms with Gasteiger partial charge in [-0.05, 0) is 55.2 Å². The average Bonchev–Trinajstić information content (AvgIpc) is 2.84. The molecular weight excluding hydrogens is 416 g/mol. The highest BCUT2D eigenvalue weighted by Gasteiger charge is 2.34. The van der Waals surface area contributed by atoms with E-state index in [1.54, 1.807) is 12.1 Å². The van der Waals surface area contributed by atoms with Crippen LogP contribution >= 0.6 is 0 Å². The van der Waals surface area contributed by atoms with Crippen LogP contribution in [0.25, 0.3) is 5.57 Å². The van der Waals surface area contributed by atoms with Gasteiger partial charge in [-0.3, -0.25) is 9.69 Å². The van der Waals surface area contributed by atoms with Crippen molar-refractivity contribution in [2.45, 2.75) is 38.9 Å². The van der Waals surface area contributed by atoms with Crippen molar-refractivity contribution >= 4 is 17.4 Å². The molecule has 0 saturated carbocycles. The SMILES string of the molecule is COC(=O)c1ccc(CN2CC(C)N(C(=O)c3ccccc3C3=CCOCC3)C(C)C2)cc1. The highest BCUT2D eigenvalue weighted by molar-refractivity contribution is 5.99. The summed E-state index contributed by atoms with van der Waals surface area (Å²) in [6.07, 6.45) is 2.92. The Morgan fingerprint density at radius 1 is 1.03 bits per heavy atom. The number of nitrogens with zero attached hydrogens (tertiary/aromatic N) is 2. The van der Waals surface area contributed by atoms with E-state index in [0.717, 1.165) is 42.7 Å². The number of methoxy groups -OCH3 is 1. The number of piperazine rings is 1. The zero-order chi connectivity index (χ0) is 23.4. The minimum absolute atomic E-state index is 0.0901. The molecule has 0 aromatic heterocycles. The lowest BCUT2D eigenvalue weighted by molar-refractivity contribution is 0.0268. The first-order valence-electron chi connectivity index (χ1n) is 11.6. The monoisotopic (exact) mass is 448 g/mol. The molecule has 0 aliphatic carbocycles. The second kappa shape index (κ2) is 10.3. The van der Waals surface area contributed by atoms with Crippen LogP contribution in [0.5, 0.6) is 0 Å². The van der Waals surface area contributed by atoms with E-state index in [2.05, 4.69) is 24.8 Å². The summed E-state index contributed by atoms with van der Waals surface area (Å²) in [5.74, 6) is -0.229. The van der Waals surface area contributed by atoms with Crippen LogP contribution in [0.4, 0.5) is 0 Å². The van der Waals surface area contributed by atoms with E-state index in [-0.39, 0.29) is 24.0 Å². The Morgan fingerprint density at radius 3 is 2.36 bits per heavy atom. The Labute approximate surface area is 195 Å². The highest BCUT2D eigenvalue weighted by atomic mass is 16.5. The molecule has 2 heterocycles. The fourth-order valence-electron chi connectivity index (χ4n) is 4.94. The van der Waals surface area contributed by atoms with Gasteiger partial charge < -0.3 is 14.4 Å². The van der Waals surface area contributed by atoms with Gasteiger partial charge in [0, 0.05) is 37.3 Å². The summed E-state index contributed by atoms with van der Waals surface area (Å²) < 4.78 is 10.2. The molecule has 0 bridgehead atoms. The molecule has 0 spiro atoms. The minimum Gasteiger partial charge on any atom is -0.465 e. The number of esters is 1. The summed E-state index contributed by atoms with van der Waals surface area (Å²) in [7, 11) is 1.39. The highest BCUT2D eigenvalue weighted by Crippen LogP contribution is 2.28. The van der Waals surface area contributed by atoms with E-state index >= 15 is 0 Å². The van der Waals surface area contributed by atoms with Gasteiger partial charge in [0.2, 0.25) is 0 Å². The first-order valence-corrected chi connectivity index (χ1v) is 11.6. The molecule has 2 aliphatic rings. The van der Waals surface area contributed by atoms with Crippen LogP contribution in [0.2, 0.25) is 0 Å². The number of hydrogen-bond donors (Lipinski definition) is 0. The van der Waals surface area contributed by atoms with E-state index in [1.807, 2.05) is 41.3 Å². The Bertz CT molecular complexity index is 1020. The van der Waals surface area contributed by atoms with Crippen molar-refractivity contribution in [3.05, 3.63) is 76.9 Å². The number of benzene rings is 2.